The van der Waals surface area contributed by atoms with E-state index in [9.17, 15) is 0 Å². The zero-order chi connectivity index (χ0) is 24.8. The van der Waals surface area contributed by atoms with Crippen LogP contribution in [-0.4, -0.2) is 30.1 Å². The van der Waals surface area contributed by atoms with E-state index in [2.05, 4.69) is 67.9 Å². The Hall–Kier alpha value is -1.54. The van der Waals surface area contributed by atoms with E-state index in [1.807, 2.05) is 47.6 Å². The van der Waals surface area contributed by atoms with Gasteiger partial charge < -0.3 is 10.2 Å². The van der Waals surface area contributed by atoms with Gasteiger partial charge in [0.1, 0.15) is 0 Å². The van der Waals surface area contributed by atoms with Gasteiger partial charge in [0.25, 0.3) is 0 Å². The van der Waals surface area contributed by atoms with Crippen molar-refractivity contribution in [2.24, 2.45) is 0 Å². The summed E-state index contributed by atoms with van der Waals surface area (Å²) in [7, 11) is 0. The van der Waals surface area contributed by atoms with E-state index in [1.165, 1.54) is 49.1 Å². The first-order valence-electron chi connectivity index (χ1n) is 13.5. The highest BCUT2D eigenvalue weighted by molar-refractivity contribution is 5.40. The average Bonchev–Trinajstić information content (AvgIpc) is 3.27. The maximum atomic E-state index is 3.91. The number of nitrogens with one attached hydrogen (secondary N) is 1. The minimum Gasteiger partial charge on any atom is -0.368 e. The summed E-state index contributed by atoms with van der Waals surface area (Å²) in [5.74, 6) is 0. The molecule has 2 heteroatoms. The second kappa shape index (κ2) is 22.6. The first-order chi connectivity index (χ1) is 15.7. The molecule has 2 nitrogen and oxygen atoms in total. The normalized spacial score (nSPS) is 23.0. The molecule has 1 heterocycles. The molecule has 1 saturated heterocycles. The van der Waals surface area contributed by atoms with Gasteiger partial charge in [-0.1, -0.05) is 91.8 Å². The maximum Gasteiger partial charge on any atom is 0.0370 e. The van der Waals surface area contributed by atoms with Crippen molar-refractivity contribution in [2.75, 3.05) is 13.1 Å². The molecule has 2 unspecified atom stereocenters. The molecular weight excluding hydrogens is 388 g/mol. The van der Waals surface area contributed by atoms with Gasteiger partial charge in [-0.25, -0.2) is 0 Å². The summed E-state index contributed by atoms with van der Waals surface area (Å²) >= 11 is 0. The fraction of sp³-hybridized carbons (Fsp3) is 0.667. The largest absolute Gasteiger partial charge is 0.368 e. The molecule has 0 aromatic rings. The van der Waals surface area contributed by atoms with Gasteiger partial charge in [-0.2, -0.15) is 0 Å². The van der Waals surface area contributed by atoms with E-state index < -0.39 is 0 Å². The summed E-state index contributed by atoms with van der Waals surface area (Å²) < 4.78 is 0. The SMILES string of the molecule is C=C/C=C1/CC(N(CCC2CCCCN2)C(/C=C\C)=C/CC)C/C1=C/C.CC.CC.CC. The van der Waals surface area contributed by atoms with Crippen molar-refractivity contribution in [3.05, 3.63) is 59.9 Å². The van der Waals surface area contributed by atoms with Crippen molar-refractivity contribution in [3.8, 4) is 0 Å². The van der Waals surface area contributed by atoms with Crippen LogP contribution in [-0.2, 0) is 0 Å². The maximum absolute atomic E-state index is 3.91. The Balaban J connectivity index is 0. The van der Waals surface area contributed by atoms with E-state index in [1.54, 1.807) is 0 Å². The topological polar surface area (TPSA) is 15.3 Å². The van der Waals surface area contributed by atoms with E-state index in [4.69, 9.17) is 0 Å². The number of piperidine rings is 1. The second-order valence-corrected chi connectivity index (χ2v) is 7.47. The summed E-state index contributed by atoms with van der Waals surface area (Å²) in [5.41, 5.74) is 4.35. The number of hydrogen-bond acceptors (Lipinski definition) is 2. The molecule has 1 aliphatic heterocycles. The van der Waals surface area contributed by atoms with Crippen LogP contribution in [0.4, 0.5) is 0 Å². The van der Waals surface area contributed by atoms with Gasteiger partial charge in [-0.15, -0.1) is 0 Å². The standard InChI is InChI=1S/C24H38N2.3C2H6/c1-5-11-21-19-24(18-20(21)8-4)26(23(12-6-2)13-7-3)17-15-22-14-9-10-16-25-22;3*1-2/h5-6,8,11-13,22,24-25H,1,7,9-10,14-19H2,2-4H3;3*1-2H3/b12-6-,20-8-,21-11-,23-13+;;;. The van der Waals surface area contributed by atoms with Crippen LogP contribution < -0.4 is 5.32 Å². The molecule has 2 aliphatic rings. The third-order valence-electron chi connectivity index (χ3n) is 5.64. The van der Waals surface area contributed by atoms with Gasteiger partial charge in [0, 0.05) is 24.3 Å². The van der Waals surface area contributed by atoms with Crippen LogP contribution in [0.5, 0.6) is 0 Å². The molecule has 0 aromatic carbocycles. The Bertz CT molecular complexity index is 559. The quantitative estimate of drug-likeness (QED) is 0.376. The molecule has 1 N–H and O–H groups in total. The highest BCUT2D eigenvalue weighted by Crippen LogP contribution is 2.36. The highest BCUT2D eigenvalue weighted by Gasteiger charge is 2.29. The van der Waals surface area contributed by atoms with Gasteiger partial charge in [0.2, 0.25) is 0 Å². The molecule has 0 aromatic heterocycles. The third-order valence-corrected chi connectivity index (χ3v) is 5.64. The lowest BCUT2D eigenvalue weighted by molar-refractivity contribution is 0.243. The Morgan fingerprint density at radius 3 is 2.19 bits per heavy atom. The fourth-order valence-electron chi connectivity index (χ4n) is 4.33. The molecule has 2 rings (SSSR count). The number of hydrogen-bond donors (Lipinski definition) is 1. The van der Waals surface area contributed by atoms with Crippen molar-refractivity contribution in [2.45, 2.75) is 119 Å². The second-order valence-electron chi connectivity index (χ2n) is 7.47. The Morgan fingerprint density at radius 2 is 1.69 bits per heavy atom. The smallest absolute Gasteiger partial charge is 0.0370 e. The monoisotopic (exact) mass is 444 g/mol. The van der Waals surface area contributed by atoms with Crippen LogP contribution in [0.3, 0.4) is 0 Å². The van der Waals surface area contributed by atoms with E-state index in [0.29, 0.717) is 12.1 Å². The molecule has 1 saturated carbocycles. The van der Waals surface area contributed by atoms with Crippen molar-refractivity contribution < 1.29 is 0 Å². The van der Waals surface area contributed by atoms with Gasteiger partial charge >= 0.3 is 0 Å². The van der Waals surface area contributed by atoms with Crippen molar-refractivity contribution in [1.82, 2.24) is 10.2 Å². The molecule has 32 heavy (non-hydrogen) atoms. The summed E-state index contributed by atoms with van der Waals surface area (Å²) in [6.07, 6.45) is 21.9. The Labute approximate surface area is 202 Å². The first kappa shape index (κ1) is 32.6. The van der Waals surface area contributed by atoms with Crippen LogP contribution in [0.1, 0.15) is 107 Å². The molecule has 0 amide bonds. The minimum absolute atomic E-state index is 0.560. The van der Waals surface area contributed by atoms with Crippen LogP contribution in [0.2, 0.25) is 0 Å². The molecule has 1 aliphatic carbocycles. The fourth-order valence-corrected chi connectivity index (χ4v) is 4.33. The number of rotatable bonds is 8. The van der Waals surface area contributed by atoms with Crippen LogP contribution in [0, 0.1) is 0 Å². The van der Waals surface area contributed by atoms with Crippen molar-refractivity contribution >= 4 is 0 Å². The summed E-state index contributed by atoms with van der Waals surface area (Å²) in [6.45, 7) is 24.8. The number of nitrogens with zero attached hydrogens (tertiary/aromatic N) is 1. The summed E-state index contributed by atoms with van der Waals surface area (Å²) in [4.78, 5) is 2.67. The van der Waals surface area contributed by atoms with Gasteiger partial charge in [0.15, 0.2) is 0 Å². The highest BCUT2D eigenvalue weighted by atomic mass is 15.2. The molecule has 0 radical (unpaired) electrons. The van der Waals surface area contributed by atoms with Crippen LogP contribution >= 0.6 is 0 Å². The molecule has 186 valence electrons. The zero-order valence-corrected chi connectivity index (χ0v) is 23.1. The zero-order valence-electron chi connectivity index (χ0n) is 23.1. The van der Waals surface area contributed by atoms with Crippen molar-refractivity contribution in [3.63, 3.8) is 0 Å². The predicted octanol–water partition coefficient (Wildman–Crippen LogP) is 8.99. The number of allylic oxidation sites excluding steroid dienone is 6. The minimum atomic E-state index is 0.560. The summed E-state index contributed by atoms with van der Waals surface area (Å²) in [6, 6.07) is 1.25. The lowest BCUT2D eigenvalue weighted by Gasteiger charge is -2.34. The molecule has 0 spiro atoms. The Morgan fingerprint density at radius 1 is 1.03 bits per heavy atom. The predicted molar refractivity (Wildman–Crippen MR) is 149 cm³/mol. The lowest BCUT2D eigenvalue weighted by Crippen LogP contribution is -2.39. The first-order valence-corrected chi connectivity index (χ1v) is 13.5. The van der Waals surface area contributed by atoms with E-state index in [-0.39, 0.29) is 0 Å². The Kier molecular flexibility index (Phi) is 23.1. The van der Waals surface area contributed by atoms with E-state index >= 15 is 0 Å². The van der Waals surface area contributed by atoms with E-state index in [0.717, 1.165) is 25.8 Å². The lowest BCUT2D eigenvalue weighted by atomic mass is 10.0. The van der Waals surface area contributed by atoms with Crippen LogP contribution in [0.15, 0.2) is 59.9 Å². The average molecular weight is 445 g/mol. The van der Waals surface area contributed by atoms with Crippen LogP contribution in [0.25, 0.3) is 0 Å². The molecule has 0 bridgehead atoms. The van der Waals surface area contributed by atoms with Gasteiger partial charge in [-0.3, -0.25) is 0 Å². The van der Waals surface area contributed by atoms with Crippen molar-refractivity contribution in [1.29, 1.82) is 0 Å². The molecular formula is C30H56N2. The molecule has 2 atom stereocenters. The van der Waals surface area contributed by atoms with Gasteiger partial charge in [-0.05, 0) is 76.1 Å². The summed E-state index contributed by atoms with van der Waals surface area (Å²) in [5, 5.41) is 3.72. The van der Waals surface area contributed by atoms with Gasteiger partial charge in [0.05, 0.1) is 0 Å². The molecule has 2 fully saturated rings. The third kappa shape index (κ3) is 11.9.